The fourth-order valence-electron chi connectivity index (χ4n) is 1.92. The van der Waals surface area contributed by atoms with Gasteiger partial charge >= 0.3 is 0 Å². The van der Waals surface area contributed by atoms with Crippen molar-refractivity contribution in [1.82, 2.24) is 0 Å². The third kappa shape index (κ3) is 1.84. The SMILES string of the molecule is CC(=O)c1ccc2c(c1)OCc1ccccc1O2. The van der Waals surface area contributed by atoms with Gasteiger partial charge in [-0.1, -0.05) is 18.2 Å². The lowest BCUT2D eigenvalue weighted by atomic mass is 10.1. The molecule has 0 spiro atoms. The first kappa shape index (κ1) is 10.8. The quantitative estimate of drug-likeness (QED) is 0.715. The second kappa shape index (κ2) is 4.18. The maximum absolute atomic E-state index is 11.3. The van der Waals surface area contributed by atoms with E-state index >= 15 is 0 Å². The Balaban J connectivity index is 2.04. The molecular formula is C15H12O3. The van der Waals surface area contributed by atoms with Crippen molar-refractivity contribution in [2.75, 3.05) is 0 Å². The van der Waals surface area contributed by atoms with Crippen molar-refractivity contribution in [2.45, 2.75) is 13.5 Å². The molecule has 90 valence electrons. The number of para-hydroxylation sites is 1. The molecule has 2 aromatic carbocycles. The molecule has 3 rings (SSSR count). The Morgan fingerprint density at radius 3 is 2.72 bits per heavy atom. The highest BCUT2D eigenvalue weighted by Gasteiger charge is 2.16. The van der Waals surface area contributed by atoms with E-state index in [2.05, 4.69) is 0 Å². The Labute approximate surface area is 105 Å². The van der Waals surface area contributed by atoms with Crippen LogP contribution in [0.2, 0.25) is 0 Å². The van der Waals surface area contributed by atoms with Gasteiger partial charge in [-0.05, 0) is 31.2 Å². The summed E-state index contributed by atoms with van der Waals surface area (Å²) in [7, 11) is 0. The zero-order valence-corrected chi connectivity index (χ0v) is 9.97. The van der Waals surface area contributed by atoms with Crippen LogP contribution in [0.25, 0.3) is 0 Å². The van der Waals surface area contributed by atoms with Gasteiger partial charge in [-0.2, -0.15) is 0 Å². The molecule has 0 aromatic heterocycles. The van der Waals surface area contributed by atoms with Crippen LogP contribution in [0.1, 0.15) is 22.8 Å². The van der Waals surface area contributed by atoms with E-state index in [4.69, 9.17) is 9.47 Å². The summed E-state index contributed by atoms with van der Waals surface area (Å²) < 4.78 is 11.5. The van der Waals surface area contributed by atoms with E-state index in [-0.39, 0.29) is 5.78 Å². The Hall–Kier alpha value is -2.29. The van der Waals surface area contributed by atoms with Crippen LogP contribution in [0.4, 0.5) is 0 Å². The standard InChI is InChI=1S/C15H12O3/c1-10(16)11-6-7-14-15(8-11)17-9-12-4-2-3-5-13(12)18-14/h2-8H,9H2,1H3. The number of fused-ring (bicyclic) bond motifs is 2. The van der Waals surface area contributed by atoms with Crippen molar-refractivity contribution in [2.24, 2.45) is 0 Å². The van der Waals surface area contributed by atoms with Gasteiger partial charge in [0.15, 0.2) is 17.3 Å². The molecule has 1 heterocycles. The van der Waals surface area contributed by atoms with Gasteiger partial charge in [-0.15, -0.1) is 0 Å². The molecule has 0 fully saturated rings. The molecule has 0 N–H and O–H groups in total. The Morgan fingerprint density at radius 1 is 1.06 bits per heavy atom. The predicted octanol–water partition coefficient (Wildman–Crippen LogP) is 3.57. The number of hydrogen-bond donors (Lipinski definition) is 0. The van der Waals surface area contributed by atoms with E-state index in [1.165, 1.54) is 6.92 Å². The molecule has 18 heavy (non-hydrogen) atoms. The van der Waals surface area contributed by atoms with Gasteiger partial charge in [-0.25, -0.2) is 0 Å². The zero-order valence-electron chi connectivity index (χ0n) is 9.97. The summed E-state index contributed by atoms with van der Waals surface area (Å²) in [6.07, 6.45) is 0. The van der Waals surface area contributed by atoms with Crippen LogP contribution in [-0.2, 0) is 6.61 Å². The van der Waals surface area contributed by atoms with Crippen LogP contribution < -0.4 is 9.47 Å². The minimum atomic E-state index is 0.0168. The fraction of sp³-hybridized carbons (Fsp3) is 0.133. The summed E-state index contributed by atoms with van der Waals surface area (Å²) in [6.45, 7) is 1.98. The number of carbonyl (C=O) groups excluding carboxylic acids is 1. The lowest BCUT2D eigenvalue weighted by Gasteiger charge is -2.08. The second-order valence-electron chi connectivity index (χ2n) is 4.22. The number of ether oxygens (including phenoxy) is 2. The maximum Gasteiger partial charge on any atom is 0.169 e. The molecule has 0 atom stereocenters. The summed E-state index contributed by atoms with van der Waals surface area (Å²) in [5.41, 5.74) is 1.63. The van der Waals surface area contributed by atoms with E-state index < -0.39 is 0 Å². The van der Waals surface area contributed by atoms with Gasteiger partial charge in [0.05, 0.1) is 0 Å². The van der Waals surface area contributed by atoms with Crippen LogP contribution in [-0.4, -0.2) is 5.78 Å². The van der Waals surface area contributed by atoms with Gasteiger partial charge in [0, 0.05) is 11.1 Å². The maximum atomic E-state index is 11.3. The van der Waals surface area contributed by atoms with Gasteiger partial charge in [0.2, 0.25) is 0 Å². The fourth-order valence-corrected chi connectivity index (χ4v) is 1.92. The van der Waals surface area contributed by atoms with Gasteiger partial charge in [0.1, 0.15) is 12.4 Å². The largest absolute Gasteiger partial charge is 0.485 e. The summed E-state index contributed by atoms with van der Waals surface area (Å²) >= 11 is 0. The first-order valence-corrected chi connectivity index (χ1v) is 5.77. The third-order valence-electron chi connectivity index (χ3n) is 2.93. The number of carbonyl (C=O) groups is 1. The summed E-state index contributed by atoms with van der Waals surface area (Å²) in [5.74, 6) is 2.07. The molecule has 0 amide bonds. The number of rotatable bonds is 1. The van der Waals surface area contributed by atoms with E-state index in [9.17, 15) is 4.79 Å². The molecular weight excluding hydrogens is 228 g/mol. The number of ketones is 1. The molecule has 0 aliphatic carbocycles. The van der Waals surface area contributed by atoms with Crippen LogP contribution in [0.5, 0.6) is 17.2 Å². The second-order valence-corrected chi connectivity index (χ2v) is 4.22. The van der Waals surface area contributed by atoms with Crippen molar-refractivity contribution >= 4 is 5.78 Å². The van der Waals surface area contributed by atoms with E-state index in [0.29, 0.717) is 23.7 Å². The highest BCUT2D eigenvalue weighted by Crippen LogP contribution is 2.37. The smallest absolute Gasteiger partial charge is 0.169 e. The summed E-state index contributed by atoms with van der Waals surface area (Å²) in [5, 5.41) is 0. The van der Waals surface area contributed by atoms with E-state index in [1.807, 2.05) is 24.3 Å². The first-order chi connectivity index (χ1) is 8.74. The van der Waals surface area contributed by atoms with Crippen molar-refractivity contribution < 1.29 is 14.3 Å². The van der Waals surface area contributed by atoms with Crippen LogP contribution in [0.15, 0.2) is 42.5 Å². The minimum Gasteiger partial charge on any atom is -0.485 e. The highest BCUT2D eigenvalue weighted by atomic mass is 16.5. The first-order valence-electron chi connectivity index (χ1n) is 5.77. The van der Waals surface area contributed by atoms with E-state index in [0.717, 1.165) is 11.3 Å². The molecule has 0 radical (unpaired) electrons. The summed E-state index contributed by atoms with van der Waals surface area (Å²) in [4.78, 5) is 11.3. The minimum absolute atomic E-state index is 0.0168. The molecule has 1 aliphatic rings. The Bertz CT molecular complexity index is 617. The number of hydrogen-bond acceptors (Lipinski definition) is 3. The van der Waals surface area contributed by atoms with Gasteiger partial charge in [-0.3, -0.25) is 4.79 Å². The van der Waals surface area contributed by atoms with Gasteiger partial charge < -0.3 is 9.47 Å². The topological polar surface area (TPSA) is 35.5 Å². The van der Waals surface area contributed by atoms with Crippen molar-refractivity contribution in [3.8, 4) is 17.2 Å². The monoisotopic (exact) mass is 240 g/mol. The molecule has 0 bridgehead atoms. The number of Topliss-reactive ketones (excluding diaryl/α,β-unsaturated/α-hetero) is 1. The normalized spacial score (nSPS) is 12.5. The highest BCUT2D eigenvalue weighted by molar-refractivity contribution is 5.94. The van der Waals surface area contributed by atoms with Crippen LogP contribution in [0, 0.1) is 0 Å². The molecule has 1 aliphatic heterocycles. The van der Waals surface area contributed by atoms with Crippen LogP contribution >= 0.6 is 0 Å². The predicted molar refractivity (Wildman–Crippen MR) is 67.3 cm³/mol. The Kier molecular flexibility index (Phi) is 2.52. The number of benzene rings is 2. The lowest BCUT2D eigenvalue weighted by Crippen LogP contribution is -1.96. The molecule has 0 saturated carbocycles. The molecule has 3 heteroatoms. The Morgan fingerprint density at radius 2 is 1.89 bits per heavy atom. The summed E-state index contributed by atoms with van der Waals surface area (Å²) in [6, 6.07) is 13.0. The average Bonchev–Trinajstić information content (AvgIpc) is 2.56. The molecule has 3 nitrogen and oxygen atoms in total. The molecule has 0 unspecified atom stereocenters. The molecule has 2 aromatic rings. The third-order valence-corrected chi connectivity index (χ3v) is 2.93. The van der Waals surface area contributed by atoms with Crippen molar-refractivity contribution in [3.05, 3.63) is 53.6 Å². The van der Waals surface area contributed by atoms with Crippen molar-refractivity contribution in [1.29, 1.82) is 0 Å². The van der Waals surface area contributed by atoms with Gasteiger partial charge in [0.25, 0.3) is 0 Å². The van der Waals surface area contributed by atoms with Crippen molar-refractivity contribution in [3.63, 3.8) is 0 Å². The van der Waals surface area contributed by atoms with E-state index in [1.54, 1.807) is 18.2 Å². The zero-order chi connectivity index (χ0) is 12.5. The van der Waals surface area contributed by atoms with Crippen LogP contribution in [0.3, 0.4) is 0 Å². The molecule has 0 saturated heterocycles. The lowest BCUT2D eigenvalue weighted by molar-refractivity contribution is 0.101. The average molecular weight is 240 g/mol.